The Morgan fingerprint density at radius 3 is 2.40 bits per heavy atom. The van der Waals surface area contributed by atoms with Gasteiger partial charge in [0, 0.05) is 24.7 Å². The van der Waals surface area contributed by atoms with E-state index in [1.54, 1.807) is 17.7 Å². The van der Waals surface area contributed by atoms with Crippen molar-refractivity contribution >= 4 is 21.6 Å². The van der Waals surface area contributed by atoms with Crippen LogP contribution in [0.4, 0.5) is 0 Å². The highest BCUT2D eigenvalue weighted by molar-refractivity contribution is 7.89. The van der Waals surface area contributed by atoms with Crippen molar-refractivity contribution in [2.45, 2.75) is 57.5 Å². The minimum absolute atomic E-state index is 0.0604. The van der Waals surface area contributed by atoms with Crippen LogP contribution in [0.15, 0.2) is 11.2 Å². The smallest absolute Gasteiger partial charge is 0.259 e. The molecule has 0 radical (unpaired) electrons. The minimum Gasteiger partial charge on any atom is -0.334 e. The van der Waals surface area contributed by atoms with E-state index in [-0.39, 0.29) is 16.9 Å². The molecule has 5 nitrogen and oxygen atoms in total. The van der Waals surface area contributed by atoms with Crippen LogP contribution in [0.25, 0.3) is 0 Å². The first-order chi connectivity index (χ1) is 9.35. The third-order valence-corrected chi connectivity index (χ3v) is 5.40. The molecule has 0 spiro atoms. The van der Waals surface area contributed by atoms with E-state index in [0.717, 1.165) is 12.8 Å². The summed E-state index contributed by atoms with van der Waals surface area (Å²) in [4.78, 5) is 4.09. The highest BCUT2D eigenvalue weighted by Gasteiger charge is 2.22. The van der Waals surface area contributed by atoms with Crippen LogP contribution in [0.3, 0.4) is 0 Å². The molecule has 1 aromatic rings. The molecule has 0 amide bonds. The summed E-state index contributed by atoms with van der Waals surface area (Å²) in [6.07, 6.45) is 3.43. The predicted octanol–water partition coefficient (Wildman–Crippen LogP) is 2.53. The van der Waals surface area contributed by atoms with Gasteiger partial charge in [-0.2, -0.15) is 0 Å². The number of halogens is 1. The van der Waals surface area contributed by atoms with Gasteiger partial charge in [-0.05, 0) is 19.8 Å². The standard InChI is InChI=1S/C13H24ClN3O2S/c1-5-11(6-2)12(14)8-15-20(18,19)13-9-17(7-3)10(4)16-13/h9,11-12,15H,5-8H2,1-4H3. The van der Waals surface area contributed by atoms with Crippen molar-refractivity contribution in [2.24, 2.45) is 5.92 Å². The summed E-state index contributed by atoms with van der Waals surface area (Å²) in [6, 6.07) is 0. The number of hydrogen-bond acceptors (Lipinski definition) is 3. The number of imidazole rings is 1. The second-order valence-corrected chi connectivity index (χ2v) is 7.13. The summed E-state index contributed by atoms with van der Waals surface area (Å²) >= 11 is 6.25. The van der Waals surface area contributed by atoms with Gasteiger partial charge in [-0.3, -0.25) is 0 Å². The molecule has 1 heterocycles. The zero-order valence-corrected chi connectivity index (χ0v) is 14.1. The highest BCUT2D eigenvalue weighted by Crippen LogP contribution is 2.18. The second-order valence-electron chi connectivity index (χ2n) is 4.86. The maximum Gasteiger partial charge on any atom is 0.259 e. The lowest BCUT2D eigenvalue weighted by molar-refractivity contribution is 0.460. The molecular weight excluding hydrogens is 298 g/mol. The van der Waals surface area contributed by atoms with Gasteiger partial charge < -0.3 is 4.57 Å². The first-order valence-corrected chi connectivity index (χ1v) is 8.95. The van der Waals surface area contributed by atoms with Crippen LogP contribution in [0, 0.1) is 12.8 Å². The van der Waals surface area contributed by atoms with E-state index < -0.39 is 10.0 Å². The van der Waals surface area contributed by atoms with E-state index in [4.69, 9.17) is 11.6 Å². The van der Waals surface area contributed by atoms with E-state index in [2.05, 4.69) is 23.6 Å². The topological polar surface area (TPSA) is 64.0 Å². The number of aromatic nitrogens is 2. The summed E-state index contributed by atoms with van der Waals surface area (Å²) in [5.41, 5.74) is 0. The molecule has 1 atom stereocenters. The first kappa shape index (κ1) is 17.5. The SMILES string of the molecule is CCC(CC)C(Cl)CNS(=O)(=O)c1cn(CC)c(C)n1. The van der Waals surface area contributed by atoms with Gasteiger partial charge in [0.1, 0.15) is 5.82 Å². The van der Waals surface area contributed by atoms with Gasteiger partial charge in [0.15, 0.2) is 5.03 Å². The van der Waals surface area contributed by atoms with E-state index in [9.17, 15) is 8.42 Å². The highest BCUT2D eigenvalue weighted by atomic mass is 35.5. The fourth-order valence-corrected chi connectivity index (χ4v) is 3.75. The predicted molar refractivity (Wildman–Crippen MR) is 81.5 cm³/mol. The van der Waals surface area contributed by atoms with Crippen molar-refractivity contribution in [1.82, 2.24) is 14.3 Å². The minimum atomic E-state index is -3.58. The maximum atomic E-state index is 12.2. The van der Waals surface area contributed by atoms with E-state index in [0.29, 0.717) is 18.3 Å². The Balaban J connectivity index is 2.75. The Morgan fingerprint density at radius 2 is 1.95 bits per heavy atom. The number of aryl methyl sites for hydroxylation is 2. The molecule has 1 aromatic heterocycles. The van der Waals surface area contributed by atoms with Gasteiger partial charge in [-0.15, -0.1) is 11.6 Å². The molecule has 0 fully saturated rings. The molecule has 0 bridgehead atoms. The van der Waals surface area contributed by atoms with Crippen LogP contribution in [0.1, 0.15) is 39.4 Å². The number of nitrogens with one attached hydrogen (secondary N) is 1. The Labute approximate surface area is 126 Å². The summed E-state index contributed by atoms with van der Waals surface area (Å²) in [7, 11) is -3.58. The van der Waals surface area contributed by atoms with Gasteiger partial charge in [0.2, 0.25) is 0 Å². The second kappa shape index (κ2) is 7.43. The van der Waals surface area contributed by atoms with E-state index >= 15 is 0 Å². The van der Waals surface area contributed by atoms with E-state index in [1.165, 1.54) is 0 Å². The van der Waals surface area contributed by atoms with Crippen molar-refractivity contribution < 1.29 is 8.42 Å². The number of alkyl halides is 1. The van der Waals surface area contributed by atoms with Crippen molar-refractivity contribution in [3.8, 4) is 0 Å². The largest absolute Gasteiger partial charge is 0.334 e. The van der Waals surface area contributed by atoms with Crippen LogP contribution >= 0.6 is 11.6 Å². The van der Waals surface area contributed by atoms with Crippen molar-refractivity contribution in [3.05, 3.63) is 12.0 Å². The quantitative estimate of drug-likeness (QED) is 0.748. The summed E-state index contributed by atoms with van der Waals surface area (Å²) in [5, 5.41) is -0.139. The molecule has 0 saturated heterocycles. The van der Waals surface area contributed by atoms with Crippen LogP contribution < -0.4 is 4.72 Å². The molecule has 0 aliphatic rings. The third kappa shape index (κ3) is 4.20. The number of hydrogen-bond donors (Lipinski definition) is 1. The molecule has 1 rings (SSSR count). The monoisotopic (exact) mass is 321 g/mol. The Bertz CT molecular complexity index is 524. The zero-order valence-electron chi connectivity index (χ0n) is 12.6. The van der Waals surface area contributed by atoms with Gasteiger partial charge >= 0.3 is 0 Å². The first-order valence-electron chi connectivity index (χ1n) is 7.03. The van der Waals surface area contributed by atoms with Crippen molar-refractivity contribution in [3.63, 3.8) is 0 Å². The van der Waals surface area contributed by atoms with Gasteiger partial charge in [-0.1, -0.05) is 26.7 Å². The van der Waals surface area contributed by atoms with Crippen LogP contribution in [0.5, 0.6) is 0 Å². The normalized spacial score (nSPS) is 13.9. The lowest BCUT2D eigenvalue weighted by Gasteiger charge is -2.19. The lowest BCUT2D eigenvalue weighted by atomic mass is 9.99. The van der Waals surface area contributed by atoms with Gasteiger partial charge in [0.05, 0.1) is 0 Å². The Kier molecular flexibility index (Phi) is 6.48. The molecule has 0 saturated carbocycles. The average molecular weight is 322 g/mol. The fraction of sp³-hybridized carbons (Fsp3) is 0.769. The van der Waals surface area contributed by atoms with E-state index in [1.807, 2.05) is 6.92 Å². The average Bonchev–Trinajstić information content (AvgIpc) is 2.80. The molecular formula is C13H24ClN3O2S. The molecule has 116 valence electrons. The number of rotatable bonds is 8. The van der Waals surface area contributed by atoms with Gasteiger partial charge in [-0.25, -0.2) is 18.1 Å². The number of nitrogens with zero attached hydrogens (tertiary/aromatic N) is 2. The summed E-state index contributed by atoms with van der Waals surface area (Å²) < 4.78 is 28.7. The van der Waals surface area contributed by atoms with Crippen molar-refractivity contribution in [2.75, 3.05) is 6.54 Å². The molecule has 1 unspecified atom stereocenters. The summed E-state index contributed by atoms with van der Waals surface area (Å²) in [5.74, 6) is 1.00. The van der Waals surface area contributed by atoms with Crippen LogP contribution in [-0.2, 0) is 16.6 Å². The number of sulfonamides is 1. The molecule has 0 aliphatic heterocycles. The maximum absolute atomic E-state index is 12.2. The Morgan fingerprint density at radius 1 is 1.35 bits per heavy atom. The Hall–Kier alpha value is -0.590. The zero-order chi connectivity index (χ0) is 15.3. The van der Waals surface area contributed by atoms with Crippen LogP contribution in [0.2, 0.25) is 0 Å². The molecule has 20 heavy (non-hydrogen) atoms. The lowest BCUT2D eigenvalue weighted by Crippen LogP contribution is -2.33. The fourth-order valence-electron chi connectivity index (χ4n) is 2.16. The molecule has 7 heteroatoms. The third-order valence-electron chi connectivity index (χ3n) is 3.60. The van der Waals surface area contributed by atoms with Crippen molar-refractivity contribution in [1.29, 1.82) is 0 Å². The molecule has 0 aliphatic carbocycles. The summed E-state index contributed by atoms with van der Waals surface area (Å²) in [6.45, 7) is 8.78. The van der Waals surface area contributed by atoms with Gasteiger partial charge in [0.25, 0.3) is 10.0 Å². The molecule has 1 N–H and O–H groups in total. The van der Waals surface area contributed by atoms with Crippen LogP contribution in [-0.4, -0.2) is 29.9 Å². The molecule has 0 aromatic carbocycles.